The molecule has 1 aromatic rings. The molecular formula is C11H17N3O. The summed E-state index contributed by atoms with van der Waals surface area (Å²) in [4.78, 5) is 16.9. The van der Waals surface area contributed by atoms with Crippen molar-refractivity contribution in [1.29, 1.82) is 0 Å². The van der Waals surface area contributed by atoms with E-state index in [1.807, 2.05) is 6.07 Å². The molecule has 1 aromatic heterocycles. The van der Waals surface area contributed by atoms with Gasteiger partial charge in [-0.25, -0.2) is 0 Å². The molecule has 1 atom stereocenters. The lowest BCUT2D eigenvalue weighted by Crippen LogP contribution is -2.46. The number of rotatable bonds is 2. The Bertz CT molecular complexity index is 321. The first kappa shape index (κ1) is 10.2. The van der Waals surface area contributed by atoms with Crippen molar-refractivity contribution in [2.45, 2.75) is 18.9 Å². The van der Waals surface area contributed by atoms with E-state index in [4.69, 9.17) is 0 Å². The average molecular weight is 207 g/mol. The zero-order valence-electron chi connectivity index (χ0n) is 8.99. The van der Waals surface area contributed by atoms with Crippen molar-refractivity contribution in [2.24, 2.45) is 0 Å². The molecule has 0 aromatic carbocycles. The number of aromatic nitrogens is 1. The normalized spacial score (nSPS) is 22.6. The molecule has 1 unspecified atom stereocenters. The lowest BCUT2D eigenvalue weighted by Gasteiger charge is -2.30. The van der Waals surface area contributed by atoms with Crippen molar-refractivity contribution in [3.05, 3.63) is 24.0 Å². The summed E-state index contributed by atoms with van der Waals surface area (Å²) < 4.78 is 0. The lowest BCUT2D eigenvalue weighted by molar-refractivity contribution is 0.0908. The number of likely N-dealkylation sites (tertiary alicyclic amines) is 1. The summed E-state index contributed by atoms with van der Waals surface area (Å²) in [6.07, 6.45) is 4.00. The first-order valence-corrected chi connectivity index (χ1v) is 5.38. The van der Waals surface area contributed by atoms with Crippen molar-refractivity contribution < 1.29 is 4.79 Å². The van der Waals surface area contributed by atoms with Crippen LogP contribution in [-0.4, -0.2) is 42.0 Å². The van der Waals surface area contributed by atoms with Crippen LogP contribution in [0.15, 0.2) is 18.3 Å². The van der Waals surface area contributed by atoms with Crippen LogP contribution in [0.2, 0.25) is 0 Å². The number of amides is 1. The molecule has 4 nitrogen and oxygen atoms in total. The highest BCUT2D eigenvalue weighted by Crippen LogP contribution is 2.08. The third-order valence-electron chi connectivity index (χ3n) is 2.80. The standard InChI is InChI=1S/C11H17N3O/c1-14-7-3-4-9(8-14)13-11(15)10-5-2-6-12-10/h2,5-6,9,12H,3-4,7-8H2,1H3,(H,13,15). The Labute approximate surface area is 89.7 Å². The Morgan fingerprint density at radius 3 is 3.20 bits per heavy atom. The molecule has 0 bridgehead atoms. The van der Waals surface area contributed by atoms with E-state index in [2.05, 4.69) is 22.2 Å². The summed E-state index contributed by atoms with van der Waals surface area (Å²) >= 11 is 0. The maximum atomic E-state index is 11.7. The maximum Gasteiger partial charge on any atom is 0.267 e. The summed E-state index contributed by atoms with van der Waals surface area (Å²) in [5.74, 6) is 0.000278. The second-order valence-electron chi connectivity index (χ2n) is 4.16. The number of carbonyl (C=O) groups excluding carboxylic acids is 1. The molecule has 0 radical (unpaired) electrons. The number of hydrogen-bond donors (Lipinski definition) is 2. The molecule has 0 aliphatic carbocycles. The highest BCUT2D eigenvalue weighted by Gasteiger charge is 2.19. The zero-order valence-corrected chi connectivity index (χ0v) is 8.99. The Kier molecular flexibility index (Phi) is 3.06. The van der Waals surface area contributed by atoms with E-state index in [1.54, 1.807) is 12.3 Å². The van der Waals surface area contributed by atoms with Crippen molar-refractivity contribution >= 4 is 5.91 Å². The van der Waals surface area contributed by atoms with Gasteiger partial charge >= 0.3 is 0 Å². The highest BCUT2D eigenvalue weighted by molar-refractivity contribution is 5.92. The molecule has 2 N–H and O–H groups in total. The van der Waals surface area contributed by atoms with Gasteiger partial charge in [0.2, 0.25) is 0 Å². The number of nitrogens with one attached hydrogen (secondary N) is 2. The van der Waals surface area contributed by atoms with E-state index < -0.39 is 0 Å². The van der Waals surface area contributed by atoms with Crippen LogP contribution in [-0.2, 0) is 0 Å². The van der Waals surface area contributed by atoms with E-state index in [0.29, 0.717) is 11.7 Å². The molecule has 1 fully saturated rings. The molecule has 1 aliphatic rings. The molecule has 82 valence electrons. The van der Waals surface area contributed by atoms with Crippen molar-refractivity contribution in [3.8, 4) is 0 Å². The minimum Gasteiger partial charge on any atom is -0.357 e. The number of piperidine rings is 1. The molecule has 2 heterocycles. The largest absolute Gasteiger partial charge is 0.357 e. The second-order valence-corrected chi connectivity index (χ2v) is 4.16. The van der Waals surface area contributed by atoms with Gasteiger partial charge in [0.05, 0.1) is 0 Å². The van der Waals surface area contributed by atoms with Gasteiger partial charge in [0, 0.05) is 18.8 Å². The SMILES string of the molecule is CN1CCCC(NC(=O)c2ccc[nH]2)C1. The monoisotopic (exact) mass is 207 g/mol. The first-order chi connectivity index (χ1) is 7.25. The molecule has 0 saturated carbocycles. The Morgan fingerprint density at radius 1 is 1.67 bits per heavy atom. The first-order valence-electron chi connectivity index (χ1n) is 5.38. The molecule has 2 rings (SSSR count). The minimum atomic E-state index is 0.000278. The second kappa shape index (κ2) is 4.49. The summed E-state index contributed by atoms with van der Waals surface area (Å²) in [6.45, 7) is 2.08. The number of aromatic amines is 1. The van der Waals surface area contributed by atoms with Gasteiger partial charge in [-0.05, 0) is 38.6 Å². The third kappa shape index (κ3) is 2.59. The van der Waals surface area contributed by atoms with E-state index in [-0.39, 0.29) is 5.91 Å². The molecular weight excluding hydrogens is 190 g/mol. The smallest absolute Gasteiger partial charge is 0.267 e. The van der Waals surface area contributed by atoms with Gasteiger partial charge < -0.3 is 15.2 Å². The Hall–Kier alpha value is -1.29. The highest BCUT2D eigenvalue weighted by atomic mass is 16.1. The predicted octanol–water partition coefficient (Wildman–Crippen LogP) is 0.839. The fourth-order valence-corrected chi connectivity index (χ4v) is 2.02. The number of hydrogen-bond acceptors (Lipinski definition) is 2. The van der Waals surface area contributed by atoms with Crippen LogP contribution in [0.1, 0.15) is 23.3 Å². The number of nitrogens with zero attached hydrogens (tertiary/aromatic N) is 1. The maximum absolute atomic E-state index is 11.7. The Morgan fingerprint density at radius 2 is 2.53 bits per heavy atom. The van der Waals surface area contributed by atoms with E-state index in [9.17, 15) is 4.79 Å². The van der Waals surface area contributed by atoms with Crippen molar-refractivity contribution in [1.82, 2.24) is 15.2 Å². The van der Waals surface area contributed by atoms with Gasteiger partial charge in [-0.1, -0.05) is 0 Å². The third-order valence-corrected chi connectivity index (χ3v) is 2.80. The average Bonchev–Trinajstić information content (AvgIpc) is 2.70. The van der Waals surface area contributed by atoms with Crippen LogP contribution in [0.3, 0.4) is 0 Å². The topological polar surface area (TPSA) is 48.1 Å². The van der Waals surface area contributed by atoms with Gasteiger partial charge in [-0.15, -0.1) is 0 Å². The van der Waals surface area contributed by atoms with E-state index in [0.717, 1.165) is 25.9 Å². The number of H-pyrrole nitrogens is 1. The Balaban J connectivity index is 1.89. The van der Waals surface area contributed by atoms with Crippen molar-refractivity contribution in [3.63, 3.8) is 0 Å². The summed E-state index contributed by atoms with van der Waals surface area (Å²) in [5, 5.41) is 3.04. The van der Waals surface area contributed by atoms with Crippen LogP contribution in [0.4, 0.5) is 0 Å². The fraction of sp³-hybridized carbons (Fsp3) is 0.545. The molecule has 1 aliphatic heterocycles. The molecule has 1 amide bonds. The molecule has 0 spiro atoms. The van der Waals surface area contributed by atoms with Crippen LogP contribution < -0.4 is 5.32 Å². The van der Waals surface area contributed by atoms with E-state index >= 15 is 0 Å². The molecule has 4 heteroatoms. The molecule has 1 saturated heterocycles. The minimum absolute atomic E-state index is 0.000278. The van der Waals surface area contributed by atoms with Gasteiger partial charge in [0.1, 0.15) is 5.69 Å². The predicted molar refractivity (Wildman–Crippen MR) is 58.8 cm³/mol. The van der Waals surface area contributed by atoms with Gasteiger partial charge in [0.15, 0.2) is 0 Å². The van der Waals surface area contributed by atoms with Crippen LogP contribution in [0.25, 0.3) is 0 Å². The van der Waals surface area contributed by atoms with Gasteiger partial charge in [0.25, 0.3) is 5.91 Å². The van der Waals surface area contributed by atoms with Crippen LogP contribution in [0, 0.1) is 0 Å². The zero-order chi connectivity index (χ0) is 10.7. The number of carbonyl (C=O) groups is 1. The molecule has 15 heavy (non-hydrogen) atoms. The van der Waals surface area contributed by atoms with Gasteiger partial charge in [-0.2, -0.15) is 0 Å². The lowest BCUT2D eigenvalue weighted by atomic mass is 10.1. The van der Waals surface area contributed by atoms with Crippen LogP contribution in [0.5, 0.6) is 0 Å². The summed E-state index contributed by atoms with van der Waals surface area (Å²) in [6, 6.07) is 3.92. The number of likely N-dealkylation sites (N-methyl/N-ethyl adjacent to an activating group) is 1. The van der Waals surface area contributed by atoms with Gasteiger partial charge in [-0.3, -0.25) is 4.79 Å². The fourth-order valence-electron chi connectivity index (χ4n) is 2.02. The summed E-state index contributed by atoms with van der Waals surface area (Å²) in [5.41, 5.74) is 0.642. The quantitative estimate of drug-likeness (QED) is 0.755. The van der Waals surface area contributed by atoms with E-state index in [1.165, 1.54) is 0 Å². The van der Waals surface area contributed by atoms with Crippen LogP contribution >= 0.6 is 0 Å². The van der Waals surface area contributed by atoms with Crippen molar-refractivity contribution in [2.75, 3.05) is 20.1 Å². The summed E-state index contributed by atoms with van der Waals surface area (Å²) in [7, 11) is 2.09.